The van der Waals surface area contributed by atoms with E-state index in [4.69, 9.17) is 15.2 Å². The van der Waals surface area contributed by atoms with E-state index in [1.165, 1.54) is 12.7 Å². The summed E-state index contributed by atoms with van der Waals surface area (Å²) >= 11 is 0. The fraction of sp³-hybridized carbons (Fsp3) is 0.650. The van der Waals surface area contributed by atoms with Crippen molar-refractivity contribution in [1.29, 1.82) is 0 Å². The van der Waals surface area contributed by atoms with Crippen LogP contribution in [0.1, 0.15) is 50.5 Å². The summed E-state index contributed by atoms with van der Waals surface area (Å²) in [5, 5.41) is 0. The molecular weight excluding hydrogens is 316 g/mol. The van der Waals surface area contributed by atoms with E-state index < -0.39 is 0 Å². The molecule has 1 aromatic carbocycles. The van der Waals surface area contributed by atoms with Gasteiger partial charge >= 0.3 is 6.09 Å². The van der Waals surface area contributed by atoms with E-state index in [1.807, 2.05) is 6.92 Å². The van der Waals surface area contributed by atoms with Crippen LogP contribution in [0.3, 0.4) is 0 Å². The second-order valence-electron chi connectivity index (χ2n) is 7.41. The third-order valence-electron chi connectivity index (χ3n) is 5.77. The van der Waals surface area contributed by atoms with Gasteiger partial charge in [-0.2, -0.15) is 0 Å². The van der Waals surface area contributed by atoms with Crippen molar-refractivity contribution < 1.29 is 14.3 Å². The lowest BCUT2D eigenvalue weighted by Crippen LogP contribution is -2.47. The molecule has 0 radical (unpaired) electrons. The van der Waals surface area contributed by atoms with Gasteiger partial charge in [0.15, 0.2) is 0 Å². The van der Waals surface area contributed by atoms with E-state index >= 15 is 0 Å². The van der Waals surface area contributed by atoms with Gasteiger partial charge in [0.2, 0.25) is 0 Å². The number of methoxy groups -OCH3 is 1. The molecule has 3 rings (SSSR count). The number of hydrogen-bond acceptors (Lipinski definition) is 4. The van der Waals surface area contributed by atoms with Crippen molar-refractivity contribution in [1.82, 2.24) is 4.90 Å². The number of benzene rings is 1. The predicted octanol–water partition coefficient (Wildman–Crippen LogP) is 3.29. The molecule has 1 heterocycles. The Bertz CT molecular complexity index is 557. The lowest BCUT2D eigenvalue weighted by Gasteiger charge is -2.32. The Morgan fingerprint density at radius 2 is 1.88 bits per heavy atom. The maximum Gasteiger partial charge on any atom is 0.410 e. The number of likely N-dealkylation sites (tertiary alicyclic amines) is 1. The van der Waals surface area contributed by atoms with Gasteiger partial charge in [-0.15, -0.1) is 0 Å². The largest absolute Gasteiger partial charge is 0.453 e. The number of nitrogens with two attached hydrogens (primary N) is 1. The van der Waals surface area contributed by atoms with Crippen LogP contribution in [-0.2, 0) is 9.47 Å². The first-order valence-corrected chi connectivity index (χ1v) is 9.38. The molecule has 1 aromatic rings. The monoisotopic (exact) mass is 346 g/mol. The van der Waals surface area contributed by atoms with Gasteiger partial charge in [-0.25, -0.2) is 4.79 Å². The van der Waals surface area contributed by atoms with Crippen LogP contribution < -0.4 is 5.73 Å². The molecule has 1 saturated heterocycles. The fourth-order valence-electron chi connectivity index (χ4n) is 4.35. The number of amides is 1. The number of ether oxygens (including phenoxy) is 2. The topological polar surface area (TPSA) is 64.8 Å². The highest BCUT2D eigenvalue weighted by atomic mass is 16.5. The molecule has 25 heavy (non-hydrogen) atoms. The zero-order chi connectivity index (χ0) is 17.8. The van der Waals surface area contributed by atoms with Crippen LogP contribution in [-0.4, -0.2) is 48.9 Å². The van der Waals surface area contributed by atoms with Crippen molar-refractivity contribution in [2.75, 3.05) is 13.7 Å². The molecule has 3 unspecified atom stereocenters. The second kappa shape index (κ2) is 8.19. The third kappa shape index (κ3) is 4.15. The van der Waals surface area contributed by atoms with E-state index in [2.05, 4.69) is 30.3 Å². The standard InChI is InChI=1S/C20H30N2O3/c1-14-12-18(21)19(22(14)20(23)24-2)13-25-17-10-8-16(9-11-17)15-6-4-3-5-7-15/h3-7,14,16-19H,8-13,21H2,1-2H3. The second-order valence-corrected chi connectivity index (χ2v) is 7.41. The lowest BCUT2D eigenvalue weighted by atomic mass is 9.83. The van der Waals surface area contributed by atoms with Crippen molar-refractivity contribution in [2.45, 2.75) is 69.2 Å². The minimum absolute atomic E-state index is 0.0465. The van der Waals surface area contributed by atoms with E-state index in [9.17, 15) is 4.79 Å². The Balaban J connectivity index is 1.50. The minimum atomic E-state index is -0.304. The molecule has 1 aliphatic heterocycles. The molecule has 2 N–H and O–H groups in total. The predicted molar refractivity (Wildman–Crippen MR) is 97.5 cm³/mol. The van der Waals surface area contributed by atoms with Crippen LogP contribution >= 0.6 is 0 Å². The van der Waals surface area contributed by atoms with Gasteiger partial charge in [0.05, 0.1) is 25.9 Å². The average Bonchev–Trinajstić information content (AvgIpc) is 2.93. The molecule has 1 saturated carbocycles. The molecule has 0 spiro atoms. The highest BCUT2D eigenvalue weighted by Crippen LogP contribution is 2.34. The average molecular weight is 346 g/mol. The van der Waals surface area contributed by atoms with Gasteiger partial charge in [-0.1, -0.05) is 30.3 Å². The zero-order valence-corrected chi connectivity index (χ0v) is 15.3. The van der Waals surface area contributed by atoms with Gasteiger partial charge in [0.1, 0.15) is 0 Å². The third-order valence-corrected chi connectivity index (χ3v) is 5.77. The molecule has 138 valence electrons. The summed E-state index contributed by atoms with van der Waals surface area (Å²) in [4.78, 5) is 13.8. The Morgan fingerprint density at radius 3 is 2.52 bits per heavy atom. The SMILES string of the molecule is COC(=O)N1C(C)CC(N)C1COC1CCC(c2ccccc2)CC1. The first kappa shape index (κ1) is 18.2. The molecule has 0 bridgehead atoms. The zero-order valence-electron chi connectivity index (χ0n) is 15.3. The Kier molecular flexibility index (Phi) is 5.97. The summed E-state index contributed by atoms with van der Waals surface area (Å²) in [6.45, 7) is 2.52. The number of hydrogen-bond donors (Lipinski definition) is 1. The van der Waals surface area contributed by atoms with Crippen molar-refractivity contribution >= 4 is 6.09 Å². The number of rotatable bonds is 4. The van der Waals surface area contributed by atoms with Crippen LogP contribution in [0.5, 0.6) is 0 Å². The molecule has 5 nitrogen and oxygen atoms in total. The normalized spacial score (nSPS) is 32.6. The number of carbonyl (C=O) groups is 1. The van der Waals surface area contributed by atoms with Crippen molar-refractivity contribution in [2.24, 2.45) is 5.73 Å². The smallest absolute Gasteiger partial charge is 0.410 e. The van der Waals surface area contributed by atoms with Crippen molar-refractivity contribution in [3.05, 3.63) is 35.9 Å². The van der Waals surface area contributed by atoms with Crippen molar-refractivity contribution in [3.63, 3.8) is 0 Å². The van der Waals surface area contributed by atoms with Gasteiger partial charge < -0.3 is 15.2 Å². The molecular formula is C20H30N2O3. The first-order valence-electron chi connectivity index (χ1n) is 9.38. The maximum atomic E-state index is 12.0. The first-order chi connectivity index (χ1) is 12.1. The molecule has 0 aromatic heterocycles. The molecule has 1 amide bonds. The van der Waals surface area contributed by atoms with Gasteiger partial charge in [0, 0.05) is 12.1 Å². The summed E-state index contributed by atoms with van der Waals surface area (Å²) in [5.74, 6) is 0.640. The van der Waals surface area contributed by atoms with Crippen LogP contribution in [0.4, 0.5) is 4.79 Å². The van der Waals surface area contributed by atoms with Crippen LogP contribution in [0.2, 0.25) is 0 Å². The summed E-state index contributed by atoms with van der Waals surface area (Å²) < 4.78 is 11.1. The van der Waals surface area contributed by atoms with E-state index in [0.29, 0.717) is 12.5 Å². The maximum absolute atomic E-state index is 12.0. The molecule has 5 heteroatoms. The van der Waals surface area contributed by atoms with Crippen LogP contribution in [0.15, 0.2) is 30.3 Å². The Labute approximate surface area is 150 Å². The van der Waals surface area contributed by atoms with Crippen LogP contribution in [0.25, 0.3) is 0 Å². The van der Waals surface area contributed by atoms with Gasteiger partial charge in [-0.05, 0) is 50.5 Å². The van der Waals surface area contributed by atoms with Gasteiger partial charge in [0.25, 0.3) is 0 Å². The van der Waals surface area contributed by atoms with E-state index in [1.54, 1.807) is 4.90 Å². The highest BCUT2D eigenvalue weighted by Gasteiger charge is 2.41. The quantitative estimate of drug-likeness (QED) is 0.908. The highest BCUT2D eigenvalue weighted by molar-refractivity contribution is 5.69. The summed E-state index contributed by atoms with van der Waals surface area (Å²) in [6, 6.07) is 10.7. The minimum Gasteiger partial charge on any atom is -0.453 e. The lowest BCUT2D eigenvalue weighted by molar-refractivity contribution is -0.00790. The van der Waals surface area contributed by atoms with E-state index in [-0.39, 0.29) is 30.3 Å². The summed E-state index contributed by atoms with van der Waals surface area (Å²) in [5.41, 5.74) is 7.67. The number of carbonyl (C=O) groups excluding carboxylic acids is 1. The molecule has 1 aliphatic carbocycles. The Morgan fingerprint density at radius 1 is 1.20 bits per heavy atom. The molecule has 2 aliphatic rings. The van der Waals surface area contributed by atoms with Crippen LogP contribution in [0, 0.1) is 0 Å². The molecule has 3 atom stereocenters. The Hall–Kier alpha value is -1.59. The van der Waals surface area contributed by atoms with Crippen molar-refractivity contribution in [3.8, 4) is 0 Å². The van der Waals surface area contributed by atoms with E-state index in [0.717, 1.165) is 32.1 Å². The van der Waals surface area contributed by atoms with Gasteiger partial charge in [-0.3, -0.25) is 4.90 Å². The number of nitrogens with zero attached hydrogens (tertiary/aromatic N) is 1. The summed E-state index contributed by atoms with van der Waals surface area (Å²) in [6.07, 6.45) is 5.20. The summed E-state index contributed by atoms with van der Waals surface area (Å²) in [7, 11) is 1.42. The fourth-order valence-corrected chi connectivity index (χ4v) is 4.35. The molecule has 2 fully saturated rings.